The summed E-state index contributed by atoms with van der Waals surface area (Å²) in [5, 5.41) is 2.74. The van der Waals surface area contributed by atoms with Gasteiger partial charge in [-0.15, -0.1) is 0 Å². The van der Waals surface area contributed by atoms with Gasteiger partial charge in [-0.1, -0.05) is 11.6 Å². The maximum Gasteiger partial charge on any atom is 0.401 e. The Balaban J connectivity index is 1.78. The lowest BCUT2D eigenvalue weighted by molar-refractivity contribution is -0.155. The van der Waals surface area contributed by atoms with Crippen molar-refractivity contribution in [2.75, 3.05) is 19.6 Å². The average Bonchev–Trinajstić information content (AvgIpc) is 2.25. The largest absolute Gasteiger partial charge is 0.401 e. The molecular weight excluding hydrogens is 285 g/mol. The Morgan fingerprint density at radius 2 is 2.11 bits per heavy atom. The first kappa shape index (κ1) is 14.0. The van der Waals surface area contributed by atoms with Gasteiger partial charge in [0.25, 0.3) is 5.91 Å². The molecule has 1 N–H and O–H groups in total. The van der Waals surface area contributed by atoms with Crippen LogP contribution in [-0.2, 0) is 0 Å². The van der Waals surface area contributed by atoms with Gasteiger partial charge in [-0.2, -0.15) is 13.2 Å². The van der Waals surface area contributed by atoms with Crippen molar-refractivity contribution in [3.05, 3.63) is 23.2 Å². The van der Waals surface area contributed by atoms with E-state index >= 15 is 0 Å². The van der Waals surface area contributed by atoms with E-state index < -0.39 is 18.6 Å². The third-order valence-corrected chi connectivity index (χ3v) is 2.74. The number of nitrogens with zero attached hydrogens (tertiary/aromatic N) is 3. The molecule has 2 rings (SSSR count). The van der Waals surface area contributed by atoms with Crippen LogP contribution < -0.4 is 5.32 Å². The molecule has 0 radical (unpaired) electrons. The topological polar surface area (TPSA) is 58.1 Å². The van der Waals surface area contributed by atoms with Crippen LogP contribution in [0.2, 0.25) is 5.15 Å². The maximum absolute atomic E-state index is 12.1. The first-order valence-electron chi connectivity index (χ1n) is 5.41. The summed E-state index contributed by atoms with van der Waals surface area (Å²) in [4.78, 5) is 20.3. The van der Waals surface area contributed by atoms with E-state index in [4.69, 9.17) is 11.6 Å². The van der Waals surface area contributed by atoms with Gasteiger partial charge in [0.15, 0.2) is 0 Å². The molecule has 5 nitrogen and oxygen atoms in total. The predicted molar refractivity (Wildman–Crippen MR) is 60.8 cm³/mol. The van der Waals surface area contributed by atoms with Crippen LogP contribution in [0, 0.1) is 0 Å². The number of hydrogen-bond acceptors (Lipinski definition) is 4. The molecule has 1 aliphatic heterocycles. The van der Waals surface area contributed by atoms with Crippen molar-refractivity contribution < 1.29 is 18.0 Å². The molecule has 1 aliphatic rings. The van der Waals surface area contributed by atoms with Crippen LogP contribution in [0.5, 0.6) is 0 Å². The zero-order chi connectivity index (χ0) is 14.0. The van der Waals surface area contributed by atoms with E-state index in [1.54, 1.807) is 0 Å². The average molecular weight is 295 g/mol. The Labute approximate surface area is 111 Å². The molecule has 0 aliphatic carbocycles. The van der Waals surface area contributed by atoms with Crippen molar-refractivity contribution in [1.29, 1.82) is 0 Å². The lowest BCUT2D eigenvalue weighted by Gasteiger charge is -2.39. The molecule has 0 atom stereocenters. The Morgan fingerprint density at radius 3 is 2.63 bits per heavy atom. The zero-order valence-corrected chi connectivity index (χ0v) is 10.4. The van der Waals surface area contributed by atoms with Crippen molar-refractivity contribution in [3.63, 3.8) is 0 Å². The molecule has 1 fully saturated rings. The number of nitrogens with one attached hydrogen (secondary N) is 1. The van der Waals surface area contributed by atoms with Crippen molar-refractivity contribution in [2.24, 2.45) is 0 Å². The van der Waals surface area contributed by atoms with Crippen molar-refractivity contribution >= 4 is 17.5 Å². The lowest BCUT2D eigenvalue weighted by atomic mass is 10.1. The number of likely N-dealkylation sites (tertiary alicyclic amines) is 1. The Bertz CT molecular complexity index is 459. The number of carbonyl (C=O) groups excluding carboxylic acids is 1. The third kappa shape index (κ3) is 4.03. The van der Waals surface area contributed by atoms with Crippen molar-refractivity contribution in [2.45, 2.75) is 12.2 Å². The van der Waals surface area contributed by atoms with Gasteiger partial charge < -0.3 is 5.32 Å². The highest BCUT2D eigenvalue weighted by Gasteiger charge is 2.37. The number of hydrogen-bond donors (Lipinski definition) is 1. The quantitative estimate of drug-likeness (QED) is 0.907. The second-order valence-corrected chi connectivity index (χ2v) is 4.59. The van der Waals surface area contributed by atoms with Gasteiger partial charge in [0, 0.05) is 13.1 Å². The molecule has 0 aromatic carbocycles. The molecule has 2 heterocycles. The number of halogens is 4. The van der Waals surface area contributed by atoms with Crippen LogP contribution in [0.3, 0.4) is 0 Å². The van der Waals surface area contributed by atoms with Crippen molar-refractivity contribution in [1.82, 2.24) is 20.2 Å². The van der Waals surface area contributed by atoms with E-state index in [9.17, 15) is 18.0 Å². The molecule has 1 aromatic rings. The summed E-state index contributed by atoms with van der Waals surface area (Å²) >= 11 is 5.52. The number of rotatable bonds is 3. The molecular formula is C10H10ClF3N4O. The second kappa shape index (κ2) is 5.30. The first-order valence-corrected chi connectivity index (χ1v) is 5.79. The maximum atomic E-state index is 12.1. The third-order valence-electron chi connectivity index (χ3n) is 2.55. The van der Waals surface area contributed by atoms with E-state index in [0.717, 1.165) is 0 Å². The summed E-state index contributed by atoms with van der Waals surface area (Å²) in [7, 11) is 0. The van der Waals surface area contributed by atoms with Crippen LogP contribution in [-0.4, -0.2) is 52.6 Å². The normalized spacial score (nSPS) is 17.1. The molecule has 0 bridgehead atoms. The standard InChI is InChI=1S/C10H10ClF3N4O/c11-8-2-15-7(1-16-8)9(19)17-6-3-18(4-6)5-10(12,13)14/h1-2,6H,3-5H2,(H,17,19). The Kier molecular flexibility index (Phi) is 3.91. The van der Waals surface area contributed by atoms with Gasteiger partial charge in [-0.3, -0.25) is 9.69 Å². The van der Waals surface area contributed by atoms with Crippen LogP contribution in [0.4, 0.5) is 13.2 Å². The molecule has 1 aromatic heterocycles. The highest BCUT2D eigenvalue weighted by atomic mass is 35.5. The highest BCUT2D eigenvalue weighted by molar-refractivity contribution is 6.29. The summed E-state index contributed by atoms with van der Waals surface area (Å²) in [6.07, 6.45) is -1.77. The summed E-state index contributed by atoms with van der Waals surface area (Å²) in [6, 6.07) is -0.299. The summed E-state index contributed by atoms with van der Waals surface area (Å²) < 4.78 is 36.2. The molecule has 0 saturated carbocycles. The van der Waals surface area contributed by atoms with Gasteiger partial charge in [0.05, 0.1) is 25.0 Å². The summed E-state index contributed by atoms with van der Waals surface area (Å²) in [5.41, 5.74) is 0.0821. The van der Waals surface area contributed by atoms with E-state index in [-0.39, 0.29) is 30.0 Å². The van der Waals surface area contributed by atoms with E-state index in [0.29, 0.717) is 0 Å². The molecule has 9 heteroatoms. The molecule has 0 spiro atoms. The van der Waals surface area contributed by atoms with Gasteiger partial charge in [-0.25, -0.2) is 9.97 Å². The predicted octanol–water partition coefficient (Wildman–Crippen LogP) is 1.11. The fraction of sp³-hybridized carbons (Fsp3) is 0.500. The van der Waals surface area contributed by atoms with Gasteiger partial charge in [0.2, 0.25) is 0 Å². The highest BCUT2D eigenvalue weighted by Crippen LogP contribution is 2.20. The minimum absolute atomic E-state index is 0.0821. The number of amides is 1. The molecule has 104 valence electrons. The summed E-state index contributed by atoms with van der Waals surface area (Å²) in [5.74, 6) is -0.471. The second-order valence-electron chi connectivity index (χ2n) is 4.20. The van der Waals surface area contributed by atoms with Crippen molar-refractivity contribution in [3.8, 4) is 0 Å². The van der Waals surface area contributed by atoms with Crippen LogP contribution in [0.25, 0.3) is 0 Å². The minimum atomic E-state index is -4.21. The molecule has 19 heavy (non-hydrogen) atoms. The smallest absolute Gasteiger partial charge is 0.345 e. The molecule has 0 unspecified atom stereocenters. The number of alkyl halides is 3. The van der Waals surface area contributed by atoms with Crippen LogP contribution in [0.1, 0.15) is 10.5 Å². The van der Waals surface area contributed by atoms with Gasteiger partial charge in [0.1, 0.15) is 10.8 Å². The zero-order valence-electron chi connectivity index (χ0n) is 9.62. The SMILES string of the molecule is O=C(NC1CN(CC(F)(F)F)C1)c1cnc(Cl)cn1. The lowest BCUT2D eigenvalue weighted by Crippen LogP contribution is -2.61. The Morgan fingerprint density at radius 1 is 1.42 bits per heavy atom. The monoisotopic (exact) mass is 294 g/mol. The molecule has 1 amide bonds. The Hall–Kier alpha value is -1.41. The van der Waals surface area contributed by atoms with Gasteiger partial charge >= 0.3 is 6.18 Å². The first-order chi connectivity index (χ1) is 8.83. The van der Waals surface area contributed by atoms with Crippen LogP contribution in [0.15, 0.2) is 12.4 Å². The van der Waals surface area contributed by atoms with E-state index in [1.165, 1.54) is 17.3 Å². The van der Waals surface area contributed by atoms with Crippen LogP contribution >= 0.6 is 11.6 Å². The fourth-order valence-corrected chi connectivity index (χ4v) is 1.83. The summed E-state index contributed by atoms with van der Waals surface area (Å²) in [6.45, 7) is -0.612. The van der Waals surface area contributed by atoms with E-state index in [2.05, 4.69) is 15.3 Å². The minimum Gasteiger partial charge on any atom is -0.345 e. The number of aromatic nitrogens is 2. The fourth-order valence-electron chi connectivity index (χ4n) is 1.73. The molecule has 1 saturated heterocycles. The van der Waals surface area contributed by atoms with E-state index in [1.807, 2.05) is 0 Å². The number of carbonyl (C=O) groups is 1. The van der Waals surface area contributed by atoms with Gasteiger partial charge in [-0.05, 0) is 0 Å².